The summed E-state index contributed by atoms with van der Waals surface area (Å²) >= 11 is 0. The number of carbonyl (C=O) groups is 2. The van der Waals surface area contributed by atoms with E-state index >= 15 is 0 Å². The van der Waals surface area contributed by atoms with Gasteiger partial charge in [-0.2, -0.15) is 0 Å². The van der Waals surface area contributed by atoms with Gasteiger partial charge in [0, 0.05) is 6.54 Å². The fraction of sp³-hybridized carbons (Fsp3) is 0.529. The van der Waals surface area contributed by atoms with Gasteiger partial charge in [0.05, 0.1) is 5.92 Å². The van der Waals surface area contributed by atoms with Crippen LogP contribution >= 0.6 is 0 Å². The Morgan fingerprint density at radius 2 is 1.91 bits per heavy atom. The van der Waals surface area contributed by atoms with Crippen molar-refractivity contribution in [2.75, 3.05) is 26.2 Å². The molecule has 1 aromatic carbocycles. The van der Waals surface area contributed by atoms with Crippen LogP contribution < -0.4 is 5.32 Å². The van der Waals surface area contributed by atoms with Gasteiger partial charge in [-0.05, 0) is 44.5 Å². The lowest BCUT2D eigenvalue weighted by Gasteiger charge is -2.29. The van der Waals surface area contributed by atoms with Crippen molar-refractivity contribution in [2.45, 2.75) is 25.9 Å². The molecule has 126 valence electrons. The summed E-state index contributed by atoms with van der Waals surface area (Å²) in [5, 5.41) is 11.7. The lowest BCUT2D eigenvalue weighted by atomic mass is 9.97. The van der Waals surface area contributed by atoms with Gasteiger partial charge in [-0.1, -0.05) is 30.3 Å². The van der Waals surface area contributed by atoms with Crippen molar-refractivity contribution < 1.29 is 19.4 Å². The Morgan fingerprint density at radius 3 is 2.57 bits per heavy atom. The van der Waals surface area contributed by atoms with Crippen molar-refractivity contribution in [3.05, 3.63) is 35.9 Å². The van der Waals surface area contributed by atoms with Gasteiger partial charge in [0.2, 0.25) is 0 Å². The van der Waals surface area contributed by atoms with Gasteiger partial charge >= 0.3 is 12.1 Å². The minimum Gasteiger partial charge on any atom is -0.481 e. The maximum atomic E-state index is 11.6. The molecule has 1 fully saturated rings. The van der Waals surface area contributed by atoms with Crippen LogP contribution in [0, 0.1) is 5.92 Å². The fourth-order valence-electron chi connectivity index (χ4n) is 2.67. The van der Waals surface area contributed by atoms with E-state index in [0.29, 0.717) is 19.4 Å². The largest absolute Gasteiger partial charge is 0.481 e. The first-order chi connectivity index (χ1) is 11.1. The number of nitrogens with zero attached hydrogens (tertiary/aromatic N) is 1. The number of carboxylic acids is 1. The lowest BCUT2D eigenvalue weighted by molar-refractivity contribution is -0.143. The number of benzene rings is 1. The minimum atomic E-state index is -0.688. The summed E-state index contributed by atoms with van der Waals surface area (Å²) in [5.41, 5.74) is 0.962. The number of rotatable bonds is 7. The zero-order chi connectivity index (χ0) is 16.5. The third kappa shape index (κ3) is 6.28. The molecule has 1 amide bonds. The average molecular weight is 320 g/mol. The van der Waals surface area contributed by atoms with E-state index in [9.17, 15) is 9.59 Å². The summed E-state index contributed by atoms with van der Waals surface area (Å²) < 4.78 is 5.13. The van der Waals surface area contributed by atoms with E-state index in [0.717, 1.165) is 31.6 Å². The SMILES string of the molecule is O=C(NCCCN1CCC(C(=O)O)CC1)OCc1ccccc1. The van der Waals surface area contributed by atoms with Gasteiger partial charge in [0.15, 0.2) is 0 Å². The normalized spacial score (nSPS) is 16.0. The van der Waals surface area contributed by atoms with E-state index in [-0.39, 0.29) is 12.5 Å². The Balaban J connectivity index is 1.52. The van der Waals surface area contributed by atoms with E-state index in [1.54, 1.807) is 0 Å². The number of nitrogens with one attached hydrogen (secondary N) is 1. The van der Waals surface area contributed by atoms with Crippen LogP contribution in [0.25, 0.3) is 0 Å². The smallest absolute Gasteiger partial charge is 0.407 e. The van der Waals surface area contributed by atoms with Crippen molar-refractivity contribution in [3.63, 3.8) is 0 Å². The molecule has 0 unspecified atom stereocenters. The molecule has 0 aromatic heterocycles. The van der Waals surface area contributed by atoms with E-state index in [4.69, 9.17) is 9.84 Å². The van der Waals surface area contributed by atoms with Gasteiger partial charge in [-0.3, -0.25) is 4.79 Å². The molecule has 2 rings (SSSR count). The molecule has 2 N–H and O–H groups in total. The molecule has 0 bridgehead atoms. The predicted octanol–water partition coefficient (Wildman–Crippen LogP) is 2.10. The number of aliphatic carboxylic acids is 1. The molecule has 0 aliphatic carbocycles. The van der Waals surface area contributed by atoms with Crippen LogP contribution in [0.1, 0.15) is 24.8 Å². The lowest BCUT2D eigenvalue weighted by Crippen LogP contribution is -2.38. The number of hydrogen-bond acceptors (Lipinski definition) is 4. The quantitative estimate of drug-likeness (QED) is 0.752. The molecular formula is C17H24N2O4. The number of amides is 1. The highest BCUT2D eigenvalue weighted by Gasteiger charge is 2.23. The third-order valence-corrected chi connectivity index (χ3v) is 4.07. The maximum Gasteiger partial charge on any atom is 0.407 e. The second kappa shape index (κ2) is 9.15. The Bertz CT molecular complexity index is 499. The molecule has 1 saturated heterocycles. The Labute approximate surface area is 136 Å². The molecule has 6 heteroatoms. The van der Waals surface area contributed by atoms with Crippen molar-refractivity contribution >= 4 is 12.1 Å². The molecule has 0 spiro atoms. The van der Waals surface area contributed by atoms with Gasteiger partial charge < -0.3 is 20.1 Å². The van der Waals surface area contributed by atoms with E-state index in [1.807, 2.05) is 30.3 Å². The number of carboxylic acid groups (broad SMARTS) is 1. The number of piperidine rings is 1. The summed E-state index contributed by atoms with van der Waals surface area (Å²) in [6.07, 6.45) is 1.85. The number of alkyl carbamates (subject to hydrolysis) is 1. The molecule has 1 aliphatic rings. The van der Waals surface area contributed by atoms with Crippen LogP contribution in [0.2, 0.25) is 0 Å². The second-order valence-electron chi connectivity index (χ2n) is 5.80. The van der Waals surface area contributed by atoms with Crippen LogP contribution in [0.15, 0.2) is 30.3 Å². The first-order valence-corrected chi connectivity index (χ1v) is 8.05. The number of ether oxygens (including phenoxy) is 1. The zero-order valence-electron chi connectivity index (χ0n) is 13.2. The van der Waals surface area contributed by atoms with Crippen LogP contribution in [0.5, 0.6) is 0 Å². The van der Waals surface area contributed by atoms with Crippen LogP contribution in [0.4, 0.5) is 4.79 Å². The molecule has 6 nitrogen and oxygen atoms in total. The van der Waals surface area contributed by atoms with E-state index in [1.165, 1.54) is 0 Å². The number of carbonyl (C=O) groups excluding carboxylic acids is 1. The molecule has 1 heterocycles. The van der Waals surface area contributed by atoms with Gasteiger partial charge in [0.1, 0.15) is 6.61 Å². The van der Waals surface area contributed by atoms with Crippen molar-refractivity contribution in [3.8, 4) is 0 Å². The van der Waals surface area contributed by atoms with E-state index in [2.05, 4.69) is 10.2 Å². The summed E-state index contributed by atoms with van der Waals surface area (Å²) in [6, 6.07) is 9.55. The summed E-state index contributed by atoms with van der Waals surface area (Å²) in [7, 11) is 0. The van der Waals surface area contributed by atoms with Gasteiger partial charge in [-0.25, -0.2) is 4.79 Å². The first-order valence-electron chi connectivity index (χ1n) is 8.05. The molecule has 23 heavy (non-hydrogen) atoms. The van der Waals surface area contributed by atoms with Crippen molar-refractivity contribution in [2.24, 2.45) is 5.92 Å². The molecule has 0 atom stereocenters. The summed E-state index contributed by atoms with van der Waals surface area (Å²) in [4.78, 5) is 24.7. The Hall–Kier alpha value is -2.08. The highest BCUT2D eigenvalue weighted by Crippen LogP contribution is 2.17. The molecule has 0 radical (unpaired) electrons. The number of hydrogen-bond donors (Lipinski definition) is 2. The Morgan fingerprint density at radius 1 is 1.22 bits per heavy atom. The molecule has 1 aliphatic heterocycles. The highest BCUT2D eigenvalue weighted by atomic mass is 16.5. The maximum absolute atomic E-state index is 11.6. The standard InChI is InChI=1S/C17H24N2O4/c20-16(21)15-7-11-19(12-8-15)10-4-9-18-17(22)23-13-14-5-2-1-3-6-14/h1-3,5-6,15H,4,7-13H2,(H,18,22)(H,20,21). The predicted molar refractivity (Wildman–Crippen MR) is 86.0 cm³/mol. The van der Waals surface area contributed by atoms with Crippen LogP contribution in [-0.4, -0.2) is 48.2 Å². The molecule has 1 aromatic rings. The summed E-state index contributed by atoms with van der Waals surface area (Å²) in [6.45, 7) is 3.33. The minimum absolute atomic E-state index is 0.197. The number of likely N-dealkylation sites (tertiary alicyclic amines) is 1. The third-order valence-electron chi connectivity index (χ3n) is 4.07. The fourth-order valence-corrected chi connectivity index (χ4v) is 2.67. The van der Waals surface area contributed by atoms with E-state index < -0.39 is 12.1 Å². The zero-order valence-corrected chi connectivity index (χ0v) is 13.2. The van der Waals surface area contributed by atoms with Gasteiger partial charge in [-0.15, -0.1) is 0 Å². The average Bonchev–Trinajstić information content (AvgIpc) is 2.58. The topological polar surface area (TPSA) is 78.9 Å². The summed E-state index contributed by atoms with van der Waals surface area (Å²) in [5.74, 6) is -0.884. The van der Waals surface area contributed by atoms with Crippen molar-refractivity contribution in [1.82, 2.24) is 10.2 Å². The first kappa shape index (κ1) is 17.3. The van der Waals surface area contributed by atoms with Crippen molar-refractivity contribution in [1.29, 1.82) is 0 Å². The molecule has 0 saturated carbocycles. The van der Waals surface area contributed by atoms with Crippen LogP contribution in [-0.2, 0) is 16.1 Å². The monoisotopic (exact) mass is 320 g/mol. The second-order valence-corrected chi connectivity index (χ2v) is 5.80. The highest BCUT2D eigenvalue weighted by molar-refractivity contribution is 5.70. The Kier molecular flexibility index (Phi) is 6.87. The van der Waals surface area contributed by atoms with Crippen LogP contribution in [0.3, 0.4) is 0 Å². The van der Waals surface area contributed by atoms with Gasteiger partial charge in [0.25, 0.3) is 0 Å². The molecular weight excluding hydrogens is 296 g/mol.